The highest BCUT2D eigenvalue weighted by molar-refractivity contribution is 5.85. The van der Waals surface area contributed by atoms with Crippen molar-refractivity contribution in [2.45, 2.75) is 66.1 Å². The van der Waals surface area contributed by atoms with Crippen LogP contribution in [0.1, 0.15) is 64.8 Å². The number of likely N-dealkylation sites (N-methyl/N-ethyl adjacent to an activating group) is 1. The van der Waals surface area contributed by atoms with Crippen LogP contribution in [-0.4, -0.2) is 59.9 Å². The normalized spacial score (nSPS) is 15.7. The molecule has 2 aromatic heterocycles. The summed E-state index contributed by atoms with van der Waals surface area (Å²) in [4.78, 5) is 26.2. The fourth-order valence-electron chi connectivity index (χ4n) is 5.16. The number of piperidine rings is 1. The van der Waals surface area contributed by atoms with E-state index in [1.807, 2.05) is 51.8 Å². The molecule has 1 saturated heterocycles. The standard InChI is InChI=1S/C33H42F2N4O4/c1-21-28(30(31(40)41)43-32(2,3)4)29(39-14-12-33(5,6)13-15-39)24(20-36-21)26-10-9-23(19-37-26)38(7)16-17-42-27-11-8-22(34)18-25(27)35/h8-11,18-20,30H,12-17H2,1-7H3,(H,40,41)/t30-/m0/s1. The van der Waals surface area contributed by atoms with E-state index in [1.54, 1.807) is 12.4 Å². The van der Waals surface area contributed by atoms with Crippen LogP contribution in [0.15, 0.2) is 42.7 Å². The third-order valence-corrected chi connectivity index (χ3v) is 7.72. The summed E-state index contributed by atoms with van der Waals surface area (Å²) in [6.07, 6.45) is 4.23. The zero-order valence-corrected chi connectivity index (χ0v) is 26.1. The molecule has 10 heteroatoms. The number of hydrogen-bond acceptors (Lipinski definition) is 7. The van der Waals surface area contributed by atoms with E-state index >= 15 is 0 Å². The van der Waals surface area contributed by atoms with E-state index in [0.717, 1.165) is 55.0 Å². The molecule has 0 amide bonds. The van der Waals surface area contributed by atoms with Gasteiger partial charge < -0.3 is 24.4 Å². The Morgan fingerprint density at radius 2 is 1.81 bits per heavy atom. The minimum atomic E-state index is -1.20. The Labute approximate surface area is 252 Å². The fraction of sp³-hybridized carbons (Fsp3) is 0.485. The Kier molecular flexibility index (Phi) is 9.59. The average Bonchev–Trinajstić information content (AvgIpc) is 2.92. The molecule has 1 fully saturated rings. The Morgan fingerprint density at radius 1 is 1.12 bits per heavy atom. The highest BCUT2D eigenvalue weighted by Gasteiger charge is 2.36. The SMILES string of the molecule is Cc1ncc(-c2ccc(N(C)CCOc3ccc(F)cc3F)cn2)c(N2CCC(C)(C)CC2)c1[C@H](OC(C)(C)C)C(=O)O. The Morgan fingerprint density at radius 3 is 2.40 bits per heavy atom. The number of pyridine rings is 2. The van der Waals surface area contributed by atoms with Gasteiger partial charge in [-0.05, 0) is 70.2 Å². The molecule has 0 aliphatic carbocycles. The van der Waals surface area contributed by atoms with Crippen molar-refractivity contribution >= 4 is 17.3 Å². The first-order valence-corrected chi connectivity index (χ1v) is 14.6. The van der Waals surface area contributed by atoms with Gasteiger partial charge >= 0.3 is 5.97 Å². The first kappa shape index (κ1) is 32.1. The summed E-state index contributed by atoms with van der Waals surface area (Å²) in [6.45, 7) is 14.0. The number of carboxylic acid groups (broad SMARTS) is 1. The molecule has 8 nitrogen and oxygen atoms in total. The monoisotopic (exact) mass is 596 g/mol. The molecular formula is C33H42F2N4O4. The second-order valence-electron chi connectivity index (χ2n) is 12.9. The molecular weight excluding hydrogens is 554 g/mol. The zero-order chi connectivity index (χ0) is 31.5. The number of hydrogen-bond donors (Lipinski definition) is 1. The van der Waals surface area contributed by atoms with Crippen molar-refractivity contribution < 1.29 is 28.2 Å². The molecule has 1 aliphatic rings. The molecule has 0 spiro atoms. The average molecular weight is 597 g/mol. The third-order valence-electron chi connectivity index (χ3n) is 7.72. The number of carbonyl (C=O) groups is 1. The molecule has 0 unspecified atom stereocenters. The molecule has 1 aromatic carbocycles. The molecule has 4 rings (SSSR count). The van der Waals surface area contributed by atoms with Gasteiger partial charge in [0.2, 0.25) is 0 Å². The van der Waals surface area contributed by atoms with Crippen molar-refractivity contribution in [1.29, 1.82) is 0 Å². The molecule has 0 saturated carbocycles. The lowest BCUT2D eigenvalue weighted by Crippen LogP contribution is -2.39. The first-order chi connectivity index (χ1) is 20.1. The van der Waals surface area contributed by atoms with Crippen LogP contribution in [0.2, 0.25) is 0 Å². The molecule has 3 heterocycles. The molecule has 1 aliphatic heterocycles. The van der Waals surface area contributed by atoms with E-state index in [0.29, 0.717) is 23.5 Å². The van der Waals surface area contributed by atoms with Gasteiger partial charge in [0, 0.05) is 49.2 Å². The predicted molar refractivity (Wildman–Crippen MR) is 164 cm³/mol. The first-order valence-electron chi connectivity index (χ1n) is 14.6. The lowest BCUT2D eigenvalue weighted by molar-refractivity contribution is -0.160. The largest absolute Gasteiger partial charge is 0.489 e. The van der Waals surface area contributed by atoms with E-state index in [9.17, 15) is 18.7 Å². The second-order valence-corrected chi connectivity index (χ2v) is 12.9. The van der Waals surface area contributed by atoms with E-state index < -0.39 is 29.3 Å². The number of nitrogens with zero attached hydrogens (tertiary/aromatic N) is 4. The Bertz CT molecular complexity index is 1430. The summed E-state index contributed by atoms with van der Waals surface area (Å²) < 4.78 is 38.7. The minimum Gasteiger partial charge on any atom is -0.489 e. The van der Waals surface area contributed by atoms with Crippen molar-refractivity contribution in [1.82, 2.24) is 9.97 Å². The van der Waals surface area contributed by atoms with Crippen molar-refractivity contribution in [3.05, 3.63) is 65.6 Å². The second kappa shape index (κ2) is 12.8. The maximum absolute atomic E-state index is 13.9. The topological polar surface area (TPSA) is 88.0 Å². The lowest BCUT2D eigenvalue weighted by atomic mass is 9.82. The van der Waals surface area contributed by atoms with E-state index in [-0.39, 0.29) is 17.8 Å². The zero-order valence-electron chi connectivity index (χ0n) is 26.1. The number of carboxylic acids is 1. The van der Waals surface area contributed by atoms with E-state index in [1.165, 1.54) is 6.07 Å². The maximum Gasteiger partial charge on any atom is 0.337 e. The fourth-order valence-corrected chi connectivity index (χ4v) is 5.16. The summed E-state index contributed by atoms with van der Waals surface area (Å²) in [6, 6.07) is 7.03. The molecule has 1 N–H and O–H groups in total. The molecule has 232 valence electrons. The van der Waals surface area contributed by atoms with Crippen LogP contribution in [0.3, 0.4) is 0 Å². The van der Waals surface area contributed by atoms with Crippen LogP contribution in [0.5, 0.6) is 5.75 Å². The Balaban J connectivity index is 1.64. The summed E-state index contributed by atoms with van der Waals surface area (Å²) >= 11 is 0. The number of benzene rings is 1. The quantitative estimate of drug-likeness (QED) is 0.273. The Hall–Kier alpha value is -3.79. The number of aromatic nitrogens is 2. The lowest BCUT2D eigenvalue weighted by Gasteiger charge is -2.40. The van der Waals surface area contributed by atoms with Crippen molar-refractivity contribution in [3.8, 4) is 17.0 Å². The van der Waals surface area contributed by atoms with Crippen molar-refractivity contribution in [2.24, 2.45) is 5.41 Å². The van der Waals surface area contributed by atoms with E-state index in [2.05, 4.69) is 23.7 Å². The van der Waals surface area contributed by atoms with Crippen molar-refractivity contribution in [3.63, 3.8) is 0 Å². The summed E-state index contributed by atoms with van der Waals surface area (Å²) in [5.41, 5.74) is 3.68. The molecule has 0 radical (unpaired) electrons. The summed E-state index contributed by atoms with van der Waals surface area (Å²) in [5, 5.41) is 10.3. The van der Waals surface area contributed by atoms with Crippen LogP contribution in [0.25, 0.3) is 11.3 Å². The van der Waals surface area contributed by atoms with Gasteiger partial charge in [-0.2, -0.15) is 0 Å². The number of aryl methyl sites for hydroxylation is 1. The number of ether oxygens (including phenoxy) is 2. The van der Waals surface area contributed by atoms with E-state index in [4.69, 9.17) is 14.5 Å². The molecule has 0 bridgehead atoms. The van der Waals surface area contributed by atoms with Crippen LogP contribution in [0.4, 0.5) is 20.2 Å². The number of aliphatic carboxylic acids is 1. The number of anilines is 2. The summed E-state index contributed by atoms with van der Waals surface area (Å²) in [7, 11) is 1.87. The van der Waals surface area contributed by atoms with Crippen LogP contribution in [-0.2, 0) is 9.53 Å². The van der Waals surface area contributed by atoms with Gasteiger partial charge in [-0.15, -0.1) is 0 Å². The van der Waals surface area contributed by atoms with Gasteiger partial charge in [0.1, 0.15) is 12.4 Å². The summed E-state index contributed by atoms with van der Waals surface area (Å²) in [5.74, 6) is -2.47. The van der Waals surface area contributed by atoms with Crippen LogP contribution >= 0.6 is 0 Å². The predicted octanol–water partition coefficient (Wildman–Crippen LogP) is 6.81. The van der Waals surface area contributed by atoms with Gasteiger partial charge in [0.05, 0.1) is 35.4 Å². The number of rotatable bonds is 10. The van der Waals surface area contributed by atoms with Gasteiger partial charge in [-0.25, -0.2) is 13.6 Å². The molecule has 43 heavy (non-hydrogen) atoms. The van der Waals surface area contributed by atoms with Gasteiger partial charge in [0.15, 0.2) is 17.7 Å². The van der Waals surface area contributed by atoms with Crippen LogP contribution < -0.4 is 14.5 Å². The van der Waals surface area contributed by atoms with Crippen molar-refractivity contribution in [2.75, 3.05) is 43.1 Å². The van der Waals surface area contributed by atoms with Gasteiger partial charge in [-0.3, -0.25) is 9.97 Å². The molecule has 3 aromatic rings. The third kappa shape index (κ3) is 7.98. The smallest absolute Gasteiger partial charge is 0.337 e. The molecule has 1 atom stereocenters. The number of halogens is 2. The maximum atomic E-state index is 13.9. The highest BCUT2D eigenvalue weighted by Crippen LogP contribution is 2.43. The van der Waals surface area contributed by atoms with Gasteiger partial charge in [0.25, 0.3) is 0 Å². The van der Waals surface area contributed by atoms with Crippen LogP contribution in [0, 0.1) is 24.0 Å². The highest BCUT2D eigenvalue weighted by atomic mass is 19.1. The minimum absolute atomic E-state index is 0.00492. The van der Waals surface area contributed by atoms with Gasteiger partial charge in [-0.1, -0.05) is 13.8 Å².